The predicted octanol–water partition coefficient (Wildman–Crippen LogP) is 1.57. The number of carbonyl (C=O) groups excluding carboxylic acids is 2. The molecule has 0 saturated carbocycles. The highest BCUT2D eigenvalue weighted by Crippen LogP contribution is 2.35. The van der Waals surface area contributed by atoms with Crippen LogP contribution in [0.15, 0.2) is 18.2 Å². The van der Waals surface area contributed by atoms with Crippen LogP contribution in [0.4, 0.5) is 13.2 Å². The molecular formula is C16H22F3N3O3. The van der Waals surface area contributed by atoms with Crippen LogP contribution in [0.25, 0.3) is 0 Å². The van der Waals surface area contributed by atoms with Gasteiger partial charge >= 0.3 is 6.18 Å². The van der Waals surface area contributed by atoms with Crippen molar-refractivity contribution in [3.8, 4) is 5.75 Å². The summed E-state index contributed by atoms with van der Waals surface area (Å²) in [5.74, 6) is -1.06. The molecule has 2 amide bonds. The van der Waals surface area contributed by atoms with E-state index in [0.29, 0.717) is 0 Å². The first-order valence-corrected chi connectivity index (χ1v) is 7.55. The third kappa shape index (κ3) is 7.42. The minimum absolute atomic E-state index is 0.0881. The van der Waals surface area contributed by atoms with Crippen molar-refractivity contribution in [1.82, 2.24) is 10.6 Å². The molecule has 25 heavy (non-hydrogen) atoms. The highest BCUT2D eigenvalue weighted by Gasteiger charge is 2.34. The summed E-state index contributed by atoms with van der Waals surface area (Å²) in [7, 11) is 0. The fourth-order valence-corrected chi connectivity index (χ4v) is 1.90. The maximum atomic E-state index is 13.2. The number of nitrogens with two attached hydrogens (primary N) is 1. The molecule has 0 bridgehead atoms. The monoisotopic (exact) mass is 361 g/mol. The van der Waals surface area contributed by atoms with Crippen molar-refractivity contribution < 1.29 is 27.5 Å². The van der Waals surface area contributed by atoms with E-state index in [-0.39, 0.29) is 30.9 Å². The van der Waals surface area contributed by atoms with Gasteiger partial charge in [-0.25, -0.2) is 0 Å². The molecule has 0 heterocycles. The molecular weight excluding hydrogens is 339 g/mol. The zero-order chi connectivity index (χ0) is 19.3. The quantitative estimate of drug-likeness (QED) is 0.717. The molecule has 0 aliphatic heterocycles. The smallest absolute Gasteiger partial charge is 0.416 e. The summed E-state index contributed by atoms with van der Waals surface area (Å²) in [4.78, 5) is 22.5. The van der Waals surface area contributed by atoms with E-state index >= 15 is 0 Å². The molecule has 0 radical (unpaired) electrons. The summed E-state index contributed by atoms with van der Waals surface area (Å²) in [6.07, 6.45) is -4.59. The standard InChI is InChI=1S/C16H22F3N3O3/c1-15(2,3)25-11-5-4-10(12(6-11)16(17,18)19)8-21-14(24)9-22-13(23)7-20/h4-6H,7-9,20H2,1-3H3,(H,21,24)(H,22,23). The molecule has 0 aliphatic rings. The highest BCUT2D eigenvalue weighted by molar-refractivity contribution is 5.85. The minimum Gasteiger partial charge on any atom is -0.488 e. The molecule has 0 aromatic heterocycles. The van der Waals surface area contributed by atoms with Crippen LogP contribution in [0, 0.1) is 0 Å². The number of benzene rings is 1. The molecule has 0 saturated heterocycles. The van der Waals surface area contributed by atoms with Crippen LogP contribution in [0.2, 0.25) is 0 Å². The van der Waals surface area contributed by atoms with E-state index in [1.807, 2.05) is 0 Å². The largest absolute Gasteiger partial charge is 0.488 e. The van der Waals surface area contributed by atoms with Crippen molar-refractivity contribution in [3.05, 3.63) is 29.3 Å². The van der Waals surface area contributed by atoms with Crippen molar-refractivity contribution in [1.29, 1.82) is 0 Å². The Labute approximate surface area is 143 Å². The van der Waals surface area contributed by atoms with Gasteiger partial charge in [-0.05, 0) is 38.5 Å². The summed E-state index contributed by atoms with van der Waals surface area (Å²) in [5.41, 5.74) is 3.44. The van der Waals surface area contributed by atoms with Crippen LogP contribution in [-0.2, 0) is 22.3 Å². The number of ether oxygens (including phenoxy) is 1. The van der Waals surface area contributed by atoms with E-state index in [2.05, 4.69) is 10.6 Å². The van der Waals surface area contributed by atoms with Crippen molar-refractivity contribution in [3.63, 3.8) is 0 Å². The van der Waals surface area contributed by atoms with Gasteiger partial charge in [0, 0.05) is 6.54 Å². The van der Waals surface area contributed by atoms with Gasteiger partial charge in [0.25, 0.3) is 0 Å². The van der Waals surface area contributed by atoms with Gasteiger partial charge in [0.1, 0.15) is 11.4 Å². The topological polar surface area (TPSA) is 93.5 Å². The molecule has 6 nitrogen and oxygen atoms in total. The van der Waals surface area contributed by atoms with Gasteiger partial charge in [-0.2, -0.15) is 13.2 Å². The van der Waals surface area contributed by atoms with Crippen molar-refractivity contribution in [2.75, 3.05) is 13.1 Å². The van der Waals surface area contributed by atoms with Crippen LogP contribution in [0.1, 0.15) is 31.9 Å². The minimum atomic E-state index is -4.59. The number of amides is 2. The molecule has 0 fully saturated rings. The average molecular weight is 361 g/mol. The van der Waals surface area contributed by atoms with Crippen molar-refractivity contribution >= 4 is 11.8 Å². The molecule has 0 atom stereocenters. The summed E-state index contributed by atoms with van der Waals surface area (Å²) in [6.45, 7) is 4.21. The molecule has 0 aliphatic carbocycles. The first-order valence-electron chi connectivity index (χ1n) is 7.55. The van der Waals surface area contributed by atoms with Crippen molar-refractivity contribution in [2.45, 2.75) is 39.1 Å². The van der Waals surface area contributed by atoms with E-state index in [9.17, 15) is 22.8 Å². The Morgan fingerprint density at radius 3 is 2.28 bits per heavy atom. The third-order valence-corrected chi connectivity index (χ3v) is 2.92. The summed E-state index contributed by atoms with van der Waals surface area (Å²) in [6, 6.07) is 3.57. The Morgan fingerprint density at radius 1 is 1.12 bits per heavy atom. The number of alkyl halides is 3. The van der Waals surface area contributed by atoms with E-state index < -0.39 is 29.2 Å². The van der Waals surface area contributed by atoms with E-state index in [0.717, 1.165) is 6.07 Å². The molecule has 1 aromatic rings. The van der Waals surface area contributed by atoms with Gasteiger partial charge in [-0.15, -0.1) is 0 Å². The Morgan fingerprint density at radius 2 is 1.76 bits per heavy atom. The molecule has 140 valence electrons. The normalized spacial score (nSPS) is 11.8. The summed E-state index contributed by atoms with van der Waals surface area (Å²) >= 11 is 0. The number of hydrogen-bond donors (Lipinski definition) is 3. The van der Waals surface area contributed by atoms with E-state index in [1.165, 1.54) is 12.1 Å². The van der Waals surface area contributed by atoms with Crippen LogP contribution in [-0.4, -0.2) is 30.5 Å². The first-order chi connectivity index (χ1) is 11.4. The van der Waals surface area contributed by atoms with E-state index in [4.69, 9.17) is 10.5 Å². The lowest BCUT2D eigenvalue weighted by atomic mass is 10.1. The van der Waals surface area contributed by atoms with E-state index in [1.54, 1.807) is 20.8 Å². The molecule has 9 heteroatoms. The van der Waals surface area contributed by atoms with Crippen LogP contribution in [0.3, 0.4) is 0 Å². The number of nitrogens with one attached hydrogen (secondary N) is 2. The second-order valence-electron chi connectivity index (χ2n) is 6.29. The Kier molecular flexibility index (Phi) is 6.80. The Balaban J connectivity index is 2.85. The average Bonchev–Trinajstić information content (AvgIpc) is 2.48. The van der Waals surface area contributed by atoms with Crippen molar-refractivity contribution in [2.24, 2.45) is 5.73 Å². The molecule has 4 N–H and O–H groups in total. The zero-order valence-electron chi connectivity index (χ0n) is 14.3. The van der Waals surface area contributed by atoms with Gasteiger partial charge < -0.3 is 21.1 Å². The summed E-state index contributed by atoms with van der Waals surface area (Å²) in [5, 5.41) is 4.55. The van der Waals surface area contributed by atoms with Gasteiger partial charge in [0.2, 0.25) is 11.8 Å². The highest BCUT2D eigenvalue weighted by atomic mass is 19.4. The van der Waals surface area contributed by atoms with Crippen LogP contribution in [0.5, 0.6) is 5.75 Å². The lowest BCUT2D eigenvalue weighted by molar-refractivity contribution is -0.138. The number of rotatable bonds is 6. The van der Waals surface area contributed by atoms with Crippen LogP contribution >= 0.6 is 0 Å². The third-order valence-electron chi connectivity index (χ3n) is 2.92. The SMILES string of the molecule is CC(C)(C)Oc1ccc(CNC(=O)CNC(=O)CN)c(C(F)(F)F)c1. The van der Waals surface area contributed by atoms with Gasteiger partial charge in [-0.3, -0.25) is 9.59 Å². The fraction of sp³-hybridized carbons (Fsp3) is 0.500. The fourth-order valence-electron chi connectivity index (χ4n) is 1.90. The number of carbonyl (C=O) groups is 2. The molecule has 0 spiro atoms. The maximum absolute atomic E-state index is 13.2. The lowest BCUT2D eigenvalue weighted by Crippen LogP contribution is -2.39. The van der Waals surface area contributed by atoms with Crippen LogP contribution < -0.4 is 21.1 Å². The Bertz CT molecular complexity index is 625. The lowest BCUT2D eigenvalue weighted by Gasteiger charge is -2.23. The first kappa shape index (κ1) is 20.8. The predicted molar refractivity (Wildman–Crippen MR) is 85.7 cm³/mol. The van der Waals surface area contributed by atoms with Gasteiger partial charge in [0.05, 0.1) is 18.7 Å². The molecule has 1 rings (SSSR count). The van der Waals surface area contributed by atoms with Gasteiger partial charge in [0.15, 0.2) is 0 Å². The summed E-state index contributed by atoms with van der Waals surface area (Å²) < 4.78 is 45.2. The second kappa shape index (κ2) is 8.19. The van der Waals surface area contributed by atoms with Gasteiger partial charge in [-0.1, -0.05) is 6.07 Å². The molecule has 0 unspecified atom stereocenters. The maximum Gasteiger partial charge on any atom is 0.416 e. The Hall–Kier alpha value is -2.29. The number of halogens is 3. The number of hydrogen-bond acceptors (Lipinski definition) is 4. The second-order valence-corrected chi connectivity index (χ2v) is 6.29. The molecule has 1 aromatic carbocycles. The zero-order valence-corrected chi connectivity index (χ0v) is 14.3.